The first-order chi connectivity index (χ1) is 7.67. The van der Waals surface area contributed by atoms with Crippen LogP contribution in [-0.2, 0) is 6.42 Å². The lowest BCUT2D eigenvalue weighted by Crippen LogP contribution is -2.17. The molecule has 0 fully saturated rings. The van der Waals surface area contributed by atoms with Gasteiger partial charge < -0.3 is 16.3 Å². The van der Waals surface area contributed by atoms with Gasteiger partial charge in [0.2, 0.25) is 0 Å². The van der Waals surface area contributed by atoms with E-state index in [-0.39, 0.29) is 5.84 Å². The van der Waals surface area contributed by atoms with E-state index in [0.29, 0.717) is 13.0 Å². The van der Waals surface area contributed by atoms with Gasteiger partial charge in [-0.1, -0.05) is 28.0 Å². The first-order valence-electron chi connectivity index (χ1n) is 5.16. The fourth-order valence-corrected chi connectivity index (χ4v) is 1.81. The summed E-state index contributed by atoms with van der Waals surface area (Å²) in [5, 5.41) is 14.6. The van der Waals surface area contributed by atoms with Gasteiger partial charge in [0, 0.05) is 23.1 Å². The summed E-state index contributed by atoms with van der Waals surface area (Å²) in [4.78, 5) is 0. The van der Waals surface area contributed by atoms with Crippen molar-refractivity contribution in [2.45, 2.75) is 19.8 Å². The van der Waals surface area contributed by atoms with Gasteiger partial charge in [-0.05, 0) is 30.2 Å². The zero-order valence-corrected chi connectivity index (χ0v) is 10.8. The van der Waals surface area contributed by atoms with Crippen LogP contribution < -0.4 is 11.1 Å². The van der Waals surface area contributed by atoms with E-state index in [9.17, 15) is 0 Å². The molecule has 4 nitrogen and oxygen atoms in total. The minimum absolute atomic E-state index is 0.239. The van der Waals surface area contributed by atoms with E-state index in [4.69, 9.17) is 10.9 Å². The van der Waals surface area contributed by atoms with E-state index in [0.717, 1.165) is 16.6 Å². The van der Waals surface area contributed by atoms with Gasteiger partial charge in [-0.25, -0.2) is 0 Å². The number of hydrogen-bond donors (Lipinski definition) is 3. The Labute approximate surface area is 104 Å². The van der Waals surface area contributed by atoms with Crippen molar-refractivity contribution in [3.8, 4) is 0 Å². The van der Waals surface area contributed by atoms with Crippen molar-refractivity contribution in [3.05, 3.63) is 28.2 Å². The number of anilines is 1. The maximum atomic E-state index is 8.40. The quantitative estimate of drug-likeness (QED) is 0.337. The lowest BCUT2D eigenvalue weighted by atomic mass is 10.1. The summed E-state index contributed by atoms with van der Waals surface area (Å²) >= 11 is 3.44. The SMILES string of the molecule is CCc1cc(Br)ccc1NCC/C(N)=N/O. The number of rotatable bonds is 5. The van der Waals surface area contributed by atoms with Crippen LogP contribution in [0.5, 0.6) is 0 Å². The standard InChI is InChI=1S/C11H16BrN3O/c1-2-8-7-9(12)3-4-10(8)14-6-5-11(13)15-16/h3-4,7,14,16H,2,5-6H2,1H3,(H2,13,15). The number of halogens is 1. The second-order valence-corrected chi connectivity index (χ2v) is 4.34. The Hall–Kier alpha value is -1.23. The third-order valence-corrected chi connectivity index (χ3v) is 2.77. The van der Waals surface area contributed by atoms with E-state index in [1.165, 1.54) is 5.56 Å². The van der Waals surface area contributed by atoms with Crippen molar-refractivity contribution in [1.82, 2.24) is 0 Å². The molecule has 1 aromatic carbocycles. The average Bonchev–Trinajstić information content (AvgIpc) is 2.30. The van der Waals surface area contributed by atoms with Crippen molar-refractivity contribution < 1.29 is 5.21 Å². The fourth-order valence-electron chi connectivity index (χ4n) is 1.40. The summed E-state index contributed by atoms with van der Waals surface area (Å²) in [5.41, 5.74) is 7.72. The van der Waals surface area contributed by atoms with Crippen molar-refractivity contribution in [2.24, 2.45) is 10.9 Å². The Bertz CT molecular complexity index is 379. The zero-order valence-electron chi connectivity index (χ0n) is 9.20. The van der Waals surface area contributed by atoms with Crippen molar-refractivity contribution in [3.63, 3.8) is 0 Å². The molecular weight excluding hydrogens is 270 g/mol. The molecule has 0 atom stereocenters. The summed E-state index contributed by atoms with van der Waals surface area (Å²) in [7, 11) is 0. The van der Waals surface area contributed by atoms with Gasteiger partial charge in [0.1, 0.15) is 5.84 Å². The summed E-state index contributed by atoms with van der Waals surface area (Å²) in [6.07, 6.45) is 1.49. The normalized spacial score (nSPS) is 11.5. The second kappa shape index (κ2) is 6.37. The van der Waals surface area contributed by atoms with E-state index < -0.39 is 0 Å². The monoisotopic (exact) mass is 285 g/mol. The molecule has 0 unspecified atom stereocenters. The zero-order chi connectivity index (χ0) is 12.0. The molecule has 0 spiro atoms. The largest absolute Gasteiger partial charge is 0.409 e. The van der Waals surface area contributed by atoms with Gasteiger partial charge in [0.15, 0.2) is 0 Å². The van der Waals surface area contributed by atoms with Gasteiger partial charge in [-0.2, -0.15) is 0 Å². The highest BCUT2D eigenvalue weighted by atomic mass is 79.9. The van der Waals surface area contributed by atoms with Crippen LogP contribution in [-0.4, -0.2) is 17.6 Å². The first-order valence-corrected chi connectivity index (χ1v) is 5.95. The molecule has 16 heavy (non-hydrogen) atoms. The molecule has 5 heteroatoms. The average molecular weight is 286 g/mol. The summed E-state index contributed by atoms with van der Waals surface area (Å²) < 4.78 is 1.08. The van der Waals surface area contributed by atoms with Crippen molar-refractivity contribution >= 4 is 27.5 Å². The number of hydrogen-bond acceptors (Lipinski definition) is 3. The van der Waals surface area contributed by atoms with Gasteiger partial charge in [-0.3, -0.25) is 0 Å². The van der Waals surface area contributed by atoms with Gasteiger partial charge in [-0.15, -0.1) is 0 Å². The Balaban J connectivity index is 2.60. The van der Waals surface area contributed by atoms with Crippen LogP contribution in [0, 0.1) is 0 Å². The van der Waals surface area contributed by atoms with Gasteiger partial charge in [0.05, 0.1) is 0 Å². The van der Waals surface area contributed by atoms with E-state index in [2.05, 4.69) is 39.4 Å². The second-order valence-electron chi connectivity index (χ2n) is 3.42. The molecule has 0 amide bonds. The van der Waals surface area contributed by atoms with Crippen LogP contribution >= 0.6 is 15.9 Å². The fraction of sp³-hybridized carbons (Fsp3) is 0.364. The lowest BCUT2D eigenvalue weighted by molar-refractivity contribution is 0.317. The molecule has 0 radical (unpaired) electrons. The van der Waals surface area contributed by atoms with Crippen LogP contribution in [0.25, 0.3) is 0 Å². The van der Waals surface area contributed by atoms with Crippen LogP contribution in [0.3, 0.4) is 0 Å². The van der Waals surface area contributed by atoms with Crippen LogP contribution in [0.1, 0.15) is 18.9 Å². The highest BCUT2D eigenvalue weighted by Gasteiger charge is 2.01. The Morgan fingerprint density at radius 2 is 2.31 bits per heavy atom. The molecule has 0 aliphatic rings. The highest BCUT2D eigenvalue weighted by molar-refractivity contribution is 9.10. The minimum Gasteiger partial charge on any atom is -0.409 e. The number of amidine groups is 1. The molecule has 1 rings (SSSR count). The summed E-state index contributed by atoms with van der Waals surface area (Å²) in [5.74, 6) is 0.239. The predicted molar refractivity (Wildman–Crippen MR) is 70.0 cm³/mol. The molecular formula is C11H16BrN3O. The number of benzene rings is 1. The van der Waals surface area contributed by atoms with Crippen LogP contribution in [0.2, 0.25) is 0 Å². The Morgan fingerprint density at radius 3 is 2.94 bits per heavy atom. The highest BCUT2D eigenvalue weighted by Crippen LogP contribution is 2.21. The summed E-state index contributed by atoms with van der Waals surface area (Å²) in [6, 6.07) is 6.10. The number of nitrogens with one attached hydrogen (secondary N) is 1. The smallest absolute Gasteiger partial charge is 0.140 e. The van der Waals surface area contributed by atoms with E-state index in [1.54, 1.807) is 0 Å². The molecule has 0 aliphatic heterocycles. The van der Waals surface area contributed by atoms with Crippen molar-refractivity contribution in [2.75, 3.05) is 11.9 Å². The number of nitrogens with two attached hydrogens (primary N) is 1. The van der Waals surface area contributed by atoms with E-state index >= 15 is 0 Å². The van der Waals surface area contributed by atoms with Crippen molar-refractivity contribution in [1.29, 1.82) is 0 Å². The number of oxime groups is 1. The summed E-state index contributed by atoms with van der Waals surface area (Å²) in [6.45, 7) is 2.76. The number of nitrogens with zero attached hydrogens (tertiary/aromatic N) is 1. The molecule has 0 heterocycles. The third kappa shape index (κ3) is 3.73. The molecule has 0 saturated heterocycles. The van der Waals surface area contributed by atoms with E-state index in [1.807, 2.05) is 12.1 Å². The molecule has 88 valence electrons. The molecule has 0 aromatic heterocycles. The third-order valence-electron chi connectivity index (χ3n) is 2.27. The number of aryl methyl sites for hydroxylation is 1. The topological polar surface area (TPSA) is 70.6 Å². The lowest BCUT2D eigenvalue weighted by Gasteiger charge is -2.10. The molecule has 0 aliphatic carbocycles. The van der Waals surface area contributed by atoms with Crippen LogP contribution in [0.4, 0.5) is 5.69 Å². The predicted octanol–water partition coefficient (Wildman–Crippen LogP) is 2.56. The molecule has 0 saturated carbocycles. The minimum atomic E-state index is 0.239. The van der Waals surface area contributed by atoms with Crippen LogP contribution in [0.15, 0.2) is 27.8 Å². The van der Waals surface area contributed by atoms with Gasteiger partial charge >= 0.3 is 0 Å². The first kappa shape index (κ1) is 12.8. The molecule has 4 N–H and O–H groups in total. The molecule has 0 bridgehead atoms. The van der Waals surface area contributed by atoms with Gasteiger partial charge in [0.25, 0.3) is 0 Å². The Kier molecular flexibility index (Phi) is 5.11. The maximum Gasteiger partial charge on any atom is 0.140 e. The molecule has 1 aromatic rings. The maximum absolute atomic E-state index is 8.40. The Morgan fingerprint density at radius 1 is 1.56 bits per heavy atom.